The normalized spacial score (nSPS) is 16.9. The van der Waals surface area contributed by atoms with Gasteiger partial charge in [-0.2, -0.15) is 0 Å². The van der Waals surface area contributed by atoms with Crippen LogP contribution in [-0.2, 0) is 10.1 Å². The Kier molecular flexibility index (Phi) is 5.22. The first kappa shape index (κ1) is 15.5. The van der Waals surface area contributed by atoms with Crippen LogP contribution in [0.5, 0.6) is 0 Å². The summed E-state index contributed by atoms with van der Waals surface area (Å²) in [7, 11) is 0. The number of nitrogens with two attached hydrogens (primary N) is 1. The Morgan fingerprint density at radius 2 is 1.90 bits per heavy atom. The number of rotatable bonds is 4. The zero-order valence-electron chi connectivity index (χ0n) is 12.2. The van der Waals surface area contributed by atoms with Gasteiger partial charge in [-0.25, -0.2) is 4.79 Å². The largest absolute Gasteiger partial charge is 0.456 e. The number of ether oxygens (including phenoxy) is 1. The van der Waals surface area contributed by atoms with E-state index in [2.05, 4.69) is 21.2 Å². The van der Waals surface area contributed by atoms with E-state index in [1.54, 1.807) is 0 Å². The van der Waals surface area contributed by atoms with Gasteiger partial charge >= 0.3 is 5.97 Å². The molecule has 0 aromatic heterocycles. The first-order chi connectivity index (χ1) is 9.53. The Bertz CT molecular complexity index is 450. The Labute approximate surface area is 129 Å². The molecule has 2 rings (SSSR count). The Morgan fingerprint density at radius 3 is 2.45 bits per heavy atom. The van der Waals surface area contributed by atoms with E-state index in [1.807, 2.05) is 38.1 Å². The van der Waals surface area contributed by atoms with Crippen LogP contribution in [0.1, 0.15) is 42.6 Å². The summed E-state index contributed by atoms with van der Waals surface area (Å²) in [4.78, 5) is 12.3. The number of carbonyl (C=O) groups excluding carboxylic acids is 1. The molecule has 1 aromatic rings. The van der Waals surface area contributed by atoms with Gasteiger partial charge in [0.25, 0.3) is 0 Å². The average molecular weight is 341 g/mol. The molecule has 0 saturated carbocycles. The van der Waals surface area contributed by atoms with Crippen molar-refractivity contribution in [3.63, 3.8) is 0 Å². The van der Waals surface area contributed by atoms with Crippen LogP contribution in [0.25, 0.3) is 0 Å². The SMILES string of the molecule is CC(C)(OC(=O)c1ccc(CBr)cc1)C1CC[NH2+]CC1. The second kappa shape index (κ2) is 6.72. The number of hydrogen-bond donors (Lipinski definition) is 1. The summed E-state index contributed by atoms with van der Waals surface area (Å²) in [5.41, 5.74) is 1.40. The van der Waals surface area contributed by atoms with Crippen molar-refractivity contribution >= 4 is 21.9 Å². The maximum atomic E-state index is 12.3. The number of benzene rings is 1. The van der Waals surface area contributed by atoms with E-state index >= 15 is 0 Å². The van der Waals surface area contributed by atoms with Gasteiger partial charge in [-0.1, -0.05) is 28.1 Å². The fourth-order valence-corrected chi connectivity index (χ4v) is 3.11. The molecule has 110 valence electrons. The quantitative estimate of drug-likeness (QED) is 0.675. The number of hydrogen-bond acceptors (Lipinski definition) is 2. The van der Waals surface area contributed by atoms with Gasteiger partial charge in [0.1, 0.15) is 5.60 Å². The Hall–Kier alpha value is -0.870. The first-order valence-electron chi connectivity index (χ1n) is 7.23. The van der Waals surface area contributed by atoms with Crippen molar-refractivity contribution in [2.75, 3.05) is 13.1 Å². The molecule has 0 spiro atoms. The molecule has 1 saturated heterocycles. The van der Waals surface area contributed by atoms with Crippen LogP contribution in [0.3, 0.4) is 0 Å². The van der Waals surface area contributed by atoms with Gasteiger partial charge in [0.15, 0.2) is 0 Å². The van der Waals surface area contributed by atoms with E-state index in [0.29, 0.717) is 11.5 Å². The summed E-state index contributed by atoms with van der Waals surface area (Å²) in [6, 6.07) is 7.58. The third-order valence-electron chi connectivity index (χ3n) is 4.12. The lowest BCUT2D eigenvalue weighted by Gasteiger charge is -2.35. The molecule has 1 fully saturated rings. The van der Waals surface area contributed by atoms with E-state index in [0.717, 1.165) is 36.8 Å². The molecule has 20 heavy (non-hydrogen) atoms. The minimum Gasteiger partial charge on any atom is -0.456 e. The fraction of sp³-hybridized carbons (Fsp3) is 0.562. The molecule has 1 aliphatic heterocycles. The van der Waals surface area contributed by atoms with Crippen LogP contribution in [0.15, 0.2) is 24.3 Å². The highest BCUT2D eigenvalue weighted by molar-refractivity contribution is 9.08. The van der Waals surface area contributed by atoms with Crippen molar-refractivity contribution < 1.29 is 14.8 Å². The summed E-state index contributed by atoms with van der Waals surface area (Å²) < 4.78 is 5.77. The maximum absolute atomic E-state index is 12.3. The standard InChI is InChI=1S/C16H22BrNO2/c1-16(2,14-7-9-18-10-8-14)20-15(19)13-5-3-12(11-17)4-6-13/h3-6,14,18H,7-11H2,1-2H3/p+1. The number of piperidine rings is 1. The highest BCUT2D eigenvalue weighted by Gasteiger charge is 2.35. The number of esters is 1. The second-order valence-electron chi connectivity index (χ2n) is 5.96. The van der Waals surface area contributed by atoms with Gasteiger partial charge in [0, 0.05) is 24.1 Å². The van der Waals surface area contributed by atoms with Crippen molar-refractivity contribution in [3.8, 4) is 0 Å². The van der Waals surface area contributed by atoms with Crippen LogP contribution in [0.4, 0.5) is 0 Å². The molecule has 3 nitrogen and oxygen atoms in total. The lowest BCUT2D eigenvalue weighted by atomic mass is 9.83. The molecule has 1 aromatic carbocycles. The van der Waals surface area contributed by atoms with Crippen LogP contribution in [0, 0.1) is 5.92 Å². The van der Waals surface area contributed by atoms with Crippen molar-refractivity contribution in [2.24, 2.45) is 5.92 Å². The molecule has 1 aliphatic rings. The van der Waals surface area contributed by atoms with Gasteiger partial charge in [-0.3, -0.25) is 0 Å². The van der Waals surface area contributed by atoms with E-state index in [1.165, 1.54) is 0 Å². The van der Waals surface area contributed by atoms with Crippen LogP contribution in [-0.4, -0.2) is 24.7 Å². The number of halogens is 1. The summed E-state index contributed by atoms with van der Waals surface area (Å²) in [6.45, 7) is 6.33. The van der Waals surface area contributed by atoms with E-state index < -0.39 is 0 Å². The van der Waals surface area contributed by atoms with Gasteiger partial charge in [-0.15, -0.1) is 0 Å². The summed E-state index contributed by atoms with van der Waals surface area (Å²) >= 11 is 3.40. The van der Waals surface area contributed by atoms with Crippen LogP contribution in [0.2, 0.25) is 0 Å². The van der Waals surface area contributed by atoms with Gasteiger partial charge in [0.05, 0.1) is 18.7 Å². The van der Waals surface area contributed by atoms with Crippen molar-refractivity contribution in [2.45, 2.75) is 37.6 Å². The number of carbonyl (C=O) groups is 1. The minimum absolute atomic E-state index is 0.217. The molecule has 0 bridgehead atoms. The third-order valence-corrected chi connectivity index (χ3v) is 4.77. The number of alkyl halides is 1. The molecule has 1 heterocycles. The van der Waals surface area contributed by atoms with Crippen molar-refractivity contribution in [1.82, 2.24) is 0 Å². The van der Waals surface area contributed by atoms with E-state index in [4.69, 9.17) is 4.74 Å². The van der Waals surface area contributed by atoms with Crippen molar-refractivity contribution in [1.29, 1.82) is 0 Å². The molecule has 0 unspecified atom stereocenters. The van der Waals surface area contributed by atoms with E-state index in [-0.39, 0.29) is 11.6 Å². The third kappa shape index (κ3) is 3.83. The predicted molar refractivity (Wildman–Crippen MR) is 83.0 cm³/mol. The van der Waals surface area contributed by atoms with Gasteiger partial charge in [-0.05, 0) is 31.5 Å². The molecule has 2 N–H and O–H groups in total. The lowest BCUT2D eigenvalue weighted by molar-refractivity contribution is -0.665. The molecular formula is C16H23BrNO2+. The highest BCUT2D eigenvalue weighted by atomic mass is 79.9. The maximum Gasteiger partial charge on any atom is 0.338 e. The van der Waals surface area contributed by atoms with Crippen molar-refractivity contribution in [3.05, 3.63) is 35.4 Å². The topological polar surface area (TPSA) is 42.9 Å². The predicted octanol–water partition coefficient (Wildman–Crippen LogP) is 2.49. The summed E-state index contributed by atoms with van der Waals surface area (Å²) in [5.74, 6) is 0.240. The molecule has 0 aliphatic carbocycles. The van der Waals surface area contributed by atoms with E-state index in [9.17, 15) is 4.79 Å². The Balaban J connectivity index is 2.01. The van der Waals surface area contributed by atoms with Gasteiger partial charge in [0.2, 0.25) is 0 Å². The molecule has 4 heteroatoms. The molecule has 0 atom stereocenters. The second-order valence-corrected chi connectivity index (χ2v) is 6.52. The molecule has 0 amide bonds. The average Bonchev–Trinajstić information content (AvgIpc) is 2.48. The smallest absolute Gasteiger partial charge is 0.338 e. The lowest BCUT2D eigenvalue weighted by Crippen LogP contribution is -2.86. The molecular weight excluding hydrogens is 318 g/mol. The Morgan fingerprint density at radius 1 is 1.30 bits per heavy atom. The highest BCUT2D eigenvalue weighted by Crippen LogP contribution is 2.28. The van der Waals surface area contributed by atoms with Crippen LogP contribution < -0.4 is 5.32 Å². The minimum atomic E-state index is -0.389. The summed E-state index contributed by atoms with van der Waals surface area (Å²) in [5, 5.41) is 3.12. The molecule has 0 radical (unpaired) electrons. The fourth-order valence-electron chi connectivity index (χ4n) is 2.73. The zero-order valence-corrected chi connectivity index (χ0v) is 13.8. The first-order valence-corrected chi connectivity index (χ1v) is 8.35. The monoisotopic (exact) mass is 340 g/mol. The van der Waals surface area contributed by atoms with Gasteiger partial charge < -0.3 is 10.1 Å². The van der Waals surface area contributed by atoms with Crippen LogP contribution >= 0.6 is 15.9 Å². The summed E-state index contributed by atoms with van der Waals surface area (Å²) in [6.07, 6.45) is 2.23. The zero-order chi connectivity index (χ0) is 14.6. The number of quaternary nitrogens is 1.